The first-order valence-corrected chi connectivity index (χ1v) is 10.4. The van der Waals surface area contributed by atoms with Crippen molar-refractivity contribution in [3.63, 3.8) is 0 Å². The molecule has 1 N–H and O–H groups in total. The third-order valence-corrected chi connectivity index (χ3v) is 6.77. The van der Waals surface area contributed by atoms with E-state index >= 15 is 0 Å². The Morgan fingerprint density at radius 2 is 1.74 bits per heavy atom. The van der Waals surface area contributed by atoms with Crippen molar-refractivity contribution in [2.24, 2.45) is 0 Å². The number of amides is 2. The Bertz CT molecular complexity index is 662. The molecule has 0 aromatic heterocycles. The third-order valence-electron chi connectivity index (χ3n) is 6.77. The second-order valence-electron chi connectivity index (χ2n) is 8.49. The van der Waals surface area contributed by atoms with Gasteiger partial charge in [-0.1, -0.05) is 12.1 Å². The molecule has 1 saturated carbocycles. The summed E-state index contributed by atoms with van der Waals surface area (Å²) in [4.78, 5) is 19.2. The first-order chi connectivity index (χ1) is 13.0. The van der Waals surface area contributed by atoms with Crippen LogP contribution in [0.25, 0.3) is 0 Å². The molecule has 0 radical (unpaired) electrons. The summed E-state index contributed by atoms with van der Waals surface area (Å²) in [6, 6.07) is 7.19. The molecule has 2 amide bonds. The van der Waals surface area contributed by atoms with E-state index in [4.69, 9.17) is 0 Å². The van der Waals surface area contributed by atoms with Crippen molar-refractivity contribution in [2.45, 2.75) is 50.6 Å². The van der Waals surface area contributed by atoms with Crippen molar-refractivity contribution in [3.8, 4) is 0 Å². The molecule has 1 aliphatic carbocycles. The summed E-state index contributed by atoms with van der Waals surface area (Å²) >= 11 is 0. The predicted octanol–water partition coefficient (Wildman–Crippen LogP) is 3.06. The van der Waals surface area contributed by atoms with Gasteiger partial charge in [0.1, 0.15) is 5.82 Å². The van der Waals surface area contributed by atoms with Crippen molar-refractivity contribution >= 4 is 11.7 Å². The number of hydrogen-bond donors (Lipinski definition) is 1. The zero-order chi connectivity index (χ0) is 18.9. The minimum Gasteiger partial charge on any atom is -0.366 e. The number of carbonyl (C=O) groups is 1. The van der Waals surface area contributed by atoms with Crippen LogP contribution in [-0.4, -0.2) is 66.7 Å². The van der Waals surface area contributed by atoms with Crippen LogP contribution >= 0.6 is 0 Å². The molecule has 0 bridgehead atoms. The number of halogens is 1. The Balaban J connectivity index is 1.24. The van der Waals surface area contributed by atoms with E-state index in [-0.39, 0.29) is 17.9 Å². The fourth-order valence-electron chi connectivity index (χ4n) is 4.68. The molecule has 3 fully saturated rings. The lowest BCUT2D eigenvalue weighted by molar-refractivity contribution is 0.00912. The van der Waals surface area contributed by atoms with Gasteiger partial charge in [-0.15, -0.1) is 0 Å². The Hall–Kier alpha value is -1.82. The van der Waals surface area contributed by atoms with E-state index in [9.17, 15) is 9.18 Å². The molecular formula is C21H31FN4O. The van der Waals surface area contributed by atoms with E-state index < -0.39 is 0 Å². The average Bonchev–Trinajstić information content (AvgIpc) is 2.63. The molecule has 2 aliphatic heterocycles. The molecule has 0 atom stereocenters. The first kappa shape index (κ1) is 18.5. The van der Waals surface area contributed by atoms with Gasteiger partial charge in [0.05, 0.1) is 5.69 Å². The average molecular weight is 375 g/mol. The molecule has 4 rings (SSSR count). The molecule has 6 heteroatoms. The number of carbonyl (C=O) groups excluding carboxylic acids is 1. The number of rotatable bonds is 3. The number of para-hydroxylation sites is 1. The number of benzene rings is 1. The lowest BCUT2D eigenvalue weighted by Gasteiger charge is -2.50. The van der Waals surface area contributed by atoms with Gasteiger partial charge in [0.2, 0.25) is 0 Å². The van der Waals surface area contributed by atoms with E-state index in [1.165, 1.54) is 38.4 Å². The standard InChI is InChI=1S/C21H31FN4O/c1-21(26-11-4-12-26)9-7-17(8-10-21)23-20(27)25-15-13-24(14-16-25)19-6-3-2-5-18(19)22/h2-3,5-6,17H,4,7-16H2,1H3,(H,23,27). The molecule has 0 unspecified atom stereocenters. The van der Waals surface area contributed by atoms with Crippen LogP contribution in [0.5, 0.6) is 0 Å². The minimum absolute atomic E-state index is 0.0423. The second kappa shape index (κ2) is 7.66. The predicted molar refractivity (Wildman–Crippen MR) is 106 cm³/mol. The first-order valence-electron chi connectivity index (χ1n) is 10.4. The van der Waals surface area contributed by atoms with Gasteiger partial charge in [0.15, 0.2) is 0 Å². The molecule has 5 nitrogen and oxygen atoms in total. The number of anilines is 1. The van der Waals surface area contributed by atoms with Crippen LogP contribution in [0.3, 0.4) is 0 Å². The fraction of sp³-hybridized carbons (Fsp3) is 0.667. The van der Waals surface area contributed by atoms with Crippen molar-refractivity contribution in [1.29, 1.82) is 0 Å². The summed E-state index contributed by atoms with van der Waals surface area (Å²) < 4.78 is 14.0. The van der Waals surface area contributed by atoms with E-state index in [1.54, 1.807) is 6.07 Å². The molecule has 27 heavy (non-hydrogen) atoms. The molecule has 0 spiro atoms. The number of nitrogens with zero attached hydrogens (tertiary/aromatic N) is 3. The lowest BCUT2D eigenvalue weighted by Crippen LogP contribution is -2.58. The smallest absolute Gasteiger partial charge is 0.317 e. The summed E-state index contributed by atoms with van der Waals surface area (Å²) in [5.74, 6) is -0.192. The molecular weight excluding hydrogens is 343 g/mol. The molecule has 1 aromatic carbocycles. The van der Waals surface area contributed by atoms with Crippen LogP contribution in [0.15, 0.2) is 24.3 Å². The summed E-state index contributed by atoms with van der Waals surface area (Å²) in [6.07, 6.45) is 5.79. The van der Waals surface area contributed by atoms with Crippen LogP contribution in [0.1, 0.15) is 39.0 Å². The SMILES string of the molecule is CC1(N2CCC2)CCC(NC(=O)N2CCN(c3ccccc3F)CC2)CC1. The highest BCUT2D eigenvalue weighted by atomic mass is 19.1. The van der Waals surface area contributed by atoms with Gasteiger partial charge in [-0.05, 0) is 64.3 Å². The lowest BCUT2D eigenvalue weighted by atomic mass is 9.78. The maximum atomic E-state index is 14.0. The Morgan fingerprint density at radius 3 is 2.33 bits per heavy atom. The molecule has 148 valence electrons. The van der Waals surface area contributed by atoms with Gasteiger partial charge in [-0.2, -0.15) is 0 Å². The van der Waals surface area contributed by atoms with Crippen molar-refractivity contribution in [2.75, 3.05) is 44.2 Å². The van der Waals surface area contributed by atoms with Crippen molar-refractivity contribution in [1.82, 2.24) is 15.1 Å². The number of nitrogens with one attached hydrogen (secondary N) is 1. The summed E-state index contributed by atoms with van der Waals surface area (Å²) in [7, 11) is 0. The largest absolute Gasteiger partial charge is 0.366 e. The summed E-state index contributed by atoms with van der Waals surface area (Å²) in [5.41, 5.74) is 0.973. The molecule has 2 heterocycles. The van der Waals surface area contributed by atoms with Gasteiger partial charge >= 0.3 is 6.03 Å². The van der Waals surface area contributed by atoms with Crippen LogP contribution in [0.4, 0.5) is 14.9 Å². The van der Waals surface area contributed by atoms with Gasteiger partial charge in [0, 0.05) is 37.8 Å². The van der Waals surface area contributed by atoms with Crippen LogP contribution in [0.2, 0.25) is 0 Å². The van der Waals surface area contributed by atoms with E-state index in [1.807, 2.05) is 21.9 Å². The Kier molecular flexibility index (Phi) is 5.26. The van der Waals surface area contributed by atoms with E-state index in [0.29, 0.717) is 37.4 Å². The summed E-state index contributed by atoms with van der Waals surface area (Å²) in [6.45, 7) is 7.47. The monoisotopic (exact) mass is 374 g/mol. The van der Waals surface area contributed by atoms with Gasteiger partial charge in [0.25, 0.3) is 0 Å². The van der Waals surface area contributed by atoms with Crippen LogP contribution in [0, 0.1) is 5.82 Å². The number of likely N-dealkylation sites (tertiary alicyclic amines) is 1. The Labute approximate surface area is 161 Å². The van der Waals surface area contributed by atoms with Crippen molar-refractivity contribution < 1.29 is 9.18 Å². The van der Waals surface area contributed by atoms with E-state index in [0.717, 1.165) is 12.8 Å². The van der Waals surface area contributed by atoms with Crippen LogP contribution in [-0.2, 0) is 0 Å². The molecule has 1 aromatic rings. The summed E-state index contributed by atoms with van der Waals surface area (Å²) in [5, 5.41) is 3.24. The van der Waals surface area contributed by atoms with Crippen molar-refractivity contribution in [3.05, 3.63) is 30.1 Å². The third kappa shape index (κ3) is 3.91. The molecule has 2 saturated heterocycles. The Morgan fingerprint density at radius 1 is 1.07 bits per heavy atom. The quantitative estimate of drug-likeness (QED) is 0.884. The highest BCUT2D eigenvalue weighted by molar-refractivity contribution is 5.75. The normalized spacial score (nSPS) is 29.3. The van der Waals surface area contributed by atoms with Crippen LogP contribution < -0.4 is 10.2 Å². The zero-order valence-corrected chi connectivity index (χ0v) is 16.3. The fourth-order valence-corrected chi connectivity index (χ4v) is 4.68. The second-order valence-corrected chi connectivity index (χ2v) is 8.49. The van der Waals surface area contributed by atoms with Gasteiger partial charge in [-0.25, -0.2) is 9.18 Å². The maximum Gasteiger partial charge on any atom is 0.317 e. The number of hydrogen-bond acceptors (Lipinski definition) is 3. The highest BCUT2D eigenvalue weighted by Crippen LogP contribution is 2.36. The van der Waals surface area contributed by atoms with Gasteiger partial charge in [-0.3, -0.25) is 4.90 Å². The zero-order valence-electron chi connectivity index (χ0n) is 16.3. The molecule has 3 aliphatic rings. The minimum atomic E-state index is -0.192. The van der Waals surface area contributed by atoms with Gasteiger partial charge < -0.3 is 15.1 Å². The number of urea groups is 1. The maximum absolute atomic E-state index is 14.0. The number of piperazine rings is 1. The topological polar surface area (TPSA) is 38.8 Å². The van der Waals surface area contributed by atoms with E-state index in [2.05, 4.69) is 17.1 Å². The highest BCUT2D eigenvalue weighted by Gasteiger charge is 2.39.